The van der Waals surface area contributed by atoms with Crippen LogP contribution in [0.5, 0.6) is 5.75 Å². The van der Waals surface area contributed by atoms with E-state index in [4.69, 9.17) is 10.5 Å². The number of phenolic OH excluding ortho intramolecular Hbond substituents is 1. The van der Waals surface area contributed by atoms with Crippen LogP contribution in [-0.2, 0) is 16.9 Å². The normalized spacial score (nSPS) is 18.1. The van der Waals surface area contributed by atoms with Gasteiger partial charge in [0.15, 0.2) is 0 Å². The fourth-order valence-corrected chi connectivity index (χ4v) is 1.57. The van der Waals surface area contributed by atoms with E-state index >= 15 is 0 Å². The zero-order valence-corrected chi connectivity index (χ0v) is 8.29. The summed E-state index contributed by atoms with van der Waals surface area (Å²) in [5, 5.41) is 9.68. The number of ether oxygens (including phenoxy) is 1. The number of hydrogen-bond acceptors (Lipinski definition) is 3. The first-order valence-corrected chi connectivity index (χ1v) is 4.76. The highest BCUT2D eigenvalue weighted by molar-refractivity contribution is 5.41. The van der Waals surface area contributed by atoms with Gasteiger partial charge in [-0.2, -0.15) is 0 Å². The highest BCUT2D eigenvalue weighted by Gasteiger charge is 2.40. The quantitative estimate of drug-likeness (QED) is 0.764. The number of hydrogen-bond donors (Lipinski definition) is 2. The van der Waals surface area contributed by atoms with Crippen molar-refractivity contribution >= 4 is 0 Å². The molecule has 1 aliphatic carbocycles. The number of benzene rings is 1. The molecule has 3 nitrogen and oxygen atoms in total. The highest BCUT2D eigenvalue weighted by atomic mass is 16.5. The van der Waals surface area contributed by atoms with Crippen LogP contribution in [0.2, 0.25) is 0 Å². The molecule has 0 spiro atoms. The van der Waals surface area contributed by atoms with Gasteiger partial charge in [-0.15, -0.1) is 0 Å². The molecule has 0 atom stereocenters. The molecule has 0 unspecified atom stereocenters. The fraction of sp³-hybridized carbons (Fsp3) is 0.455. The third-order valence-electron chi connectivity index (χ3n) is 2.75. The first-order chi connectivity index (χ1) is 6.65. The van der Waals surface area contributed by atoms with E-state index in [1.165, 1.54) is 0 Å². The lowest BCUT2D eigenvalue weighted by Crippen LogP contribution is -2.18. The number of nitrogens with two attached hydrogens (primary N) is 1. The molecule has 0 aliphatic heterocycles. The second-order valence-corrected chi connectivity index (χ2v) is 3.93. The van der Waals surface area contributed by atoms with E-state index < -0.39 is 0 Å². The molecule has 14 heavy (non-hydrogen) atoms. The summed E-state index contributed by atoms with van der Waals surface area (Å²) < 4.78 is 4.96. The van der Waals surface area contributed by atoms with E-state index in [0.717, 1.165) is 24.0 Å². The molecule has 0 saturated heterocycles. The third kappa shape index (κ3) is 1.61. The van der Waals surface area contributed by atoms with E-state index in [1.54, 1.807) is 13.2 Å². The van der Waals surface area contributed by atoms with E-state index in [1.807, 2.05) is 12.1 Å². The maximum Gasteiger partial charge on any atom is 0.121 e. The first kappa shape index (κ1) is 9.49. The van der Waals surface area contributed by atoms with Gasteiger partial charge in [-0.05, 0) is 24.5 Å². The number of methoxy groups -OCH3 is 1. The Morgan fingerprint density at radius 3 is 2.71 bits per heavy atom. The summed E-state index contributed by atoms with van der Waals surface area (Å²) in [7, 11) is 1.61. The smallest absolute Gasteiger partial charge is 0.121 e. The second-order valence-electron chi connectivity index (χ2n) is 3.93. The molecule has 76 valence electrons. The van der Waals surface area contributed by atoms with Crippen molar-refractivity contribution in [1.82, 2.24) is 0 Å². The van der Waals surface area contributed by atoms with Gasteiger partial charge in [0.1, 0.15) is 5.75 Å². The summed E-state index contributed by atoms with van der Waals surface area (Å²) in [5.41, 5.74) is 7.67. The summed E-state index contributed by atoms with van der Waals surface area (Å²) >= 11 is 0. The molecule has 0 radical (unpaired) electrons. The molecule has 3 heteroatoms. The van der Waals surface area contributed by atoms with Crippen LogP contribution in [0.1, 0.15) is 24.0 Å². The molecule has 0 aromatic heterocycles. The van der Waals surface area contributed by atoms with Gasteiger partial charge >= 0.3 is 0 Å². The molecular weight excluding hydrogens is 178 g/mol. The standard InChI is InChI=1S/C11H15NO2/c1-14-7-8-2-3-9(6-10(8)13)11(12)4-5-11/h2-3,6,13H,4-5,7,12H2,1H3. The summed E-state index contributed by atoms with van der Waals surface area (Å²) in [6, 6.07) is 5.60. The predicted molar refractivity (Wildman–Crippen MR) is 53.9 cm³/mol. The van der Waals surface area contributed by atoms with Crippen LogP contribution in [0.3, 0.4) is 0 Å². The monoisotopic (exact) mass is 193 g/mol. The van der Waals surface area contributed by atoms with Crippen LogP contribution in [0.25, 0.3) is 0 Å². The molecule has 1 fully saturated rings. The largest absolute Gasteiger partial charge is 0.508 e. The van der Waals surface area contributed by atoms with Crippen LogP contribution >= 0.6 is 0 Å². The maximum absolute atomic E-state index is 9.68. The molecule has 0 bridgehead atoms. The highest BCUT2D eigenvalue weighted by Crippen LogP contribution is 2.43. The lowest BCUT2D eigenvalue weighted by atomic mass is 10.0. The van der Waals surface area contributed by atoms with E-state index in [9.17, 15) is 5.11 Å². The molecular formula is C11H15NO2. The second kappa shape index (κ2) is 3.26. The van der Waals surface area contributed by atoms with Crippen molar-refractivity contribution in [2.75, 3.05) is 7.11 Å². The minimum absolute atomic E-state index is 0.177. The Bertz CT molecular complexity index is 345. The van der Waals surface area contributed by atoms with Crippen molar-refractivity contribution in [1.29, 1.82) is 0 Å². The molecule has 0 amide bonds. The summed E-state index contributed by atoms with van der Waals surface area (Å²) in [6.45, 7) is 0.434. The van der Waals surface area contributed by atoms with Gasteiger partial charge in [0.2, 0.25) is 0 Å². The van der Waals surface area contributed by atoms with Crippen LogP contribution in [-0.4, -0.2) is 12.2 Å². The van der Waals surface area contributed by atoms with Crippen molar-refractivity contribution in [2.24, 2.45) is 5.73 Å². The van der Waals surface area contributed by atoms with Crippen molar-refractivity contribution in [3.63, 3.8) is 0 Å². The molecule has 1 aromatic rings. The number of phenols is 1. The molecule has 2 rings (SSSR count). The Morgan fingerprint density at radius 2 is 2.21 bits per heavy atom. The van der Waals surface area contributed by atoms with Gasteiger partial charge in [0.25, 0.3) is 0 Å². The zero-order chi connectivity index (χ0) is 10.2. The third-order valence-corrected chi connectivity index (χ3v) is 2.75. The summed E-state index contributed by atoms with van der Waals surface area (Å²) in [4.78, 5) is 0. The topological polar surface area (TPSA) is 55.5 Å². The minimum Gasteiger partial charge on any atom is -0.508 e. The summed E-state index contributed by atoms with van der Waals surface area (Å²) in [6.07, 6.45) is 2.02. The van der Waals surface area contributed by atoms with Crippen molar-refractivity contribution in [3.05, 3.63) is 29.3 Å². The van der Waals surface area contributed by atoms with Crippen LogP contribution in [0.4, 0.5) is 0 Å². The van der Waals surface area contributed by atoms with Gasteiger partial charge in [-0.3, -0.25) is 0 Å². The van der Waals surface area contributed by atoms with Gasteiger partial charge in [0.05, 0.1) is 6.61 Å². The zero-order valence-electron chi connectivity index (χ0n) is 8.29. The van der Waals surface area contributed by atoms with Crippen molar-refractivity contribution in [2.45, 2.75) is 25.0 Å². The average Bonchev–Trinajstić information content (AvgIpc) is 2.89. The summed E-state index contributed by atoms with van der Waals surface area (Å²) in [5.74, 6) is 0.279. The predicted octanol–water partition coefficient (Wildman–Crippen LogP) is 1.49. The van der Waals surface area contributed by atoms with Crippen molar-refractivity contribution in [3.8, 4) is 5.75 Å². The van der Waals surface area contributed by atoms with Crippen LogP contribution in [0.15, 0.2) is 18.2 Å². The Morgan fingerprint density at radius 1 is 1.50 bits per heavy atom. The minimum atomic E-state index is -0.177. The Hall–Kier alpha value is -1.06. The molecule has 0 heterocycles. The molecule has 3 N–H and O–H groups in total. The lowest BCUT2D eigenvalue weighted by Gasteiger charge is -2.11. The van der Waals surface area contributed by atoms with E-state index in [2.05, 4.69) is 0 Å². The fourth-order valence-electron chi connectivity index (χ4n) is 1.57. The number of rotatable bonds is 3. The van der Waals surface area contributed by atoms with Gasteiger partial charge in [-0.1, -0.05) is 12.1 Å². The SMILES string of the molecule is COCc1ccc(C2(N)CC2)cc1O. The molecule has 1 aliphatic rings. The Labute approximate surface area is 83.5 Å². The van der Waals surface area contributed by atoms with Crippen molar-refractivity contribution < 1.29 is 9.84 Å². The lowest BCUT2D eigenvalue weighted by molar-refractivity contribution is 0.182. The van der Waals surface area contributed by atoms with Gasteiger partial charge in [-0.25, -0.2) is 0 Å². The average molecular weight is 193 g/mol. The Balaban J connectivity index is 2.26. The van der Waals surface area contributed by atoms with Crippen LogP contribution < -0.4 is 5.73 Å². The van der Waals surface area contributed by atoms with E-state index in [-0.39, 0.29) is 11.3 Å². The Kier molecular flexibility index (Phi) is 2.21. The maximum atomic E-state index is 9.68. The molecule has 1 aromatic carbocycles. The number of aromatic hydroxyl groups is 1. The molecule has 1 saturated carbocycles. The van der Waals surface area contributed by atoms with E-state index in [0.29, 0.717) is 6.61 Å². The van der Waals surface area contributed by atoms with Gasteiger partial charge in [0, 0.05) is 18.2 Å². The van der Waals surface area contributed by atoms with Gasteiger partial charge < -0.3 is 15.6 Å². The van der Waals surface area contributed by atoms with Crippen LogP contribution in [0, 0.1) is 0 Å². The first-order valence-electron chi connectivity index (χ1n) is 4.76.